The molecule has 1 heterocycles. The third kappa shape index (κ3) is 2.54. The summed E-state index contributed by atoms with van der Waals surface area (Å²) in [7, 11) is 1.66. The van der Waals surface area contributed by atoms with Crippen molar-refractivity contribution < 1.29 is 14.3 Å². The second-order valence-electron chi connectivity index (χ2n) is 7.12. The van der Waals surface area contributed by atoms with Crippen molar-refractivity contribution in [3.05, 3.63) is 83.1 Å². The number of hydrogen-bond acceptors (Lipinski definition) is 3. The number of fused-ring (bicyclic) bond motifs is 3. The van der Waals surface area contributed by atoms with E-state index in [-0.39, 0.29) is 11.7 Å². The van der Waals surface area contributed by atoms with Gasteiger partial charge in [0.25, 0.3) is 0 Å². The first-order valence-corrected chi connectivity index (χ1v) is 9.36. The molecule has 1 atom stereocenters. The van der Waals surface area contributed by atoms with Crippen LogP contribution in [0.1, 0.15) is 36.3 Å². The van der Waals surface area contributed by atoms with E-state index in [2.05, 4.69) is 30.3 Å². The van der Waals surface area contributed by atoms with Crippen LogP contribution in [0.15, 0.2) is 72.0 Å². The van der Waals surface area contributed by atoms with Gasteiger partial charge in [-0.2, -0.15) is 0 Å². The average molecular weight is 356 g/mol. The van der Waals surface area contributed by atoms with Crippen LogP contribution in [0.5, 0.6) is 11.5 Å². The minimum atomic E-state index is -0.103. The fourth-order valence-electron chi connectivity index (χ4n) is 4.33. The molecule has 1 unspecified atom stereocenters. The SMILES string of the molecule is COc1ccc(C2C3=C(CCCC3=O)Oc3ccc4ccccc4c32)cc1. The summed E-state index contributed by atoms with van der Waals surface area (Å²) in [4.78, 5) is 12.9. The first kappa shape index (κ1) is 16.1. The van der Waals surface area contributed by atoms with Crippen LogP contribution in [0, 0.1) is 0 Å². The maximum absolute atomic E-state index is 12.9. The fraction of sp³-hybridized carbons (Fsp3) is 0.208. The number of allylic oxidation sites excluding steroid dienone is 2. The highest BCUT2D eigenvalue weighted by molar-refractivity contribution is 6.01. The standard InChI is InChI=1S/C24H20O3/c1-26-17-12-9-16(10-13-17)22-23-18-6-3-2-5-15(18)11-14-21(23)27-20-8-4-7-19(25)24(20)22/h2-3,5-6,9-14,22H,4,7-8H2,1H3. The van der Waals surface area contributed by atoms with E-state index in [0.29, 0.717) is 6.42 Å². The highest BCUT2D eigenvalue weighted by Gasteiger charge is 2.37. The van der Waals surface area contributed by atoms with Gasteiger partial charge in [-0.25, -0.2) is 0 Å². The summed E-state index contributed by atoms with van der Waals surface area (Å²) in [5, 5.41) is 2.30. The number of carbonyl (C=O) groups is 1. The number of hydrogen-bond donors (Lipinski definition) is 0. The second kappa shape index (κ2) is 6.27. The molecule has 1 aliphatic heterocycles. The Balaban J connectivity index is 1.79. The van der Waals surface area contributed by atoms with E-state index in [4.69, 9.17) is 9.47 Å². The van der Waals surface area contributed by atoms with E-state index in [9.17, 15) is 4.79 Å². The van der Waals surface area contributed by atoms with Gasteiger partial charge in [-0.3, -0.25) is 4.79 Å². The van der Waals surface area contributed by atoms with Crippen LogP contribution in [-0.4, -0.2) is 12.9 Å². The van der Waals surface area contributed by atoms with Crippen LogP contribution in [0.4, 0.5) is 0 Å². The molecule has 3 aromatic carbocycles. The Morgan fingerprint density at radius 2 is 1.78 bits per heavy atom. The summed E-state index contributed by atoms with van der Waals surface area (Å²) in [5.74, 6) is 2.62. The Bertz CT molecular complexity index is 1080. The van der Waals surface area contributed by atoms with Crippen molar-refractivity contribution in [1.82, 2.24) is 0 Å². The van der Waals surface area contributed by atoms with Gasteiger partial charge in [-0.15, -0.1) is 0 Å². The Kier molecular flexibility index (Phi) is 3.75. The van der Waals surface area contributed by atoms with Crippen molar-refractivity contribution in [2.24, 2.45) is 0 Å². The minimum Gasteiger partial charge on any atom is -0.497 e. The average Bonchev–Trinajstić information content (AvgIpc) is 2.72. The van der Waals surface area contributed by atoms with E-state index in [1.165, 1.54) is 0 Å². The molecule has 0 fully saturated rings. The van der Waals surface area contributed by atoms with Gasteiger partial charge in [-0.05, 0) is 41.0 Å². The van der Waals surface area contributed by atoms with Crippen LogP contribution in [0.25, 0.3) is 10.8 Å². The quantitative estimate of drug-likeness (QED) is 0.618. The molecule has 0 radical (unpaired) electrons. The Morgan fingerprint density at radius 1 is 0.963 bits per heavy atom. The summed E-state index contributed by atoms with van der Waals surface area (Å²) >= 11 is 0. The Morgan fingerprint density at radius 3 is 2.59 bits per heavy atom. The van der Waals surface area contributed by atoms with Crippen molar-refractivity contribution in [1.29, 1.82) is 0 Å². The Labute approximate surface area is 158 Å². The first-order chi connectivity index (χ1) is 13.3. The molecule has 3 nitrogen and oxygen atoms in total. The van der Waals surface area contributed by atoms with Crippen LogP contribution < -0.4 is 9.47 Å². The summed E-state index contributed by atoms with van der Waals surface area (Å²) in [6.07, 6.45) is 2.27. The normalized spacial score (nSPS) is 18.7. The smallest absolute Gasteiger partial charge is 0.163 e. The number of Topliss-reactive ketones (excluding diaryl/α,β-unsaturated/α-hetero) is 1. The molecule has 1 aliphatic carbocycles. The lowest BCUT2D eigenvalue weighted by atomic mass is 9.75. The van der Waals surface area contributed by atoms with E-state index in [1.807, 2.05) is 30.3 Å². The van der Waals surface area contributed by atoms with Crippen molar-refractivity contribution in [2.75, 3.05) is 7.11 Å². The zero-order chi connectivity index (χ0) is 18.4. The highest BCUT2D eigenvalue weighted by Crippen LogP contribution is 2.49. The minimum absolute atomic E-state index is 0.103. The molecule has 0 N–H and O–H groups in total. The zero-order valence-electron chi connectivity index (χ0n) is 15.2. The molecule has 0 amide bonds. The highest BCUT2D eigenvalue weighted by atomic mass is 16.5. The van der Waals surface area contributed by atoms with Gasteiger partial charge in [0.15, 0.2) is 5.78 Å². The van der Waals surface area contributed by atoms with Gasteiger partial charge in [-0.1, -0.05) is 42.5 Å². The van der Waals surface area contributed by atoms with E-state index in [1.54, 1.807) is 7.11 Å². The molecule has 27 heavy (non-hydrogen) atoms. The molecule has 0 spiro atoms. The molecule has 3 heteroatoms. The topological polar surface area (TPSA) is 35.5 Å². The molecule has 3 aromatic rings. The predicted octanol–water partition coefficient (Wildman–Crippen LogP) is 5.38. The molecular weight excluding hydrogens is 336 g/mol. The molecular formula is C24H20O3. The largest absolute Gasteiger partial charge is 0.497 e. The molecule has 0 saturated carbocycles. The van der Waals surface area contributed by atoms with Crippen molar-refractivity contribution in [2.45, 2.75) is 25.2 Å². The molecule has 0 aromatic heterocycles. The first-order valence-electron chi connectivity index (χ1n) is 9.36. The summed E-state index contributed by atoms with van der Waals surface area (Å²) in [5.41, 5.74) is 3.02. The van der Waals surface area contributed by atoms with Crippen LogP contribution in [0.2, 0.25) is 0 Å². The number of rotatable bonds is 2. The number of ketones is 1. The maximum atomic E-state index is 12.9. The zero-order valence-corrected chi connectivity index (χ0v) is 15.2. The van der Waals surface area contributed by atoms with Crippen LogP contribution >= 0.6 is 0 Å². The van der Waals surface area contributed by atoms with Gasteiger partial charge in [0.1, 0.15) is 17.3 Å². The maximum Gasteiger partial charge on any atom is 0.163 e. The molecule has 5 rings (SSSR count). The van der Waals surface area contributed by atoms with Crippen LogP contribution in [0.3, 0.4) is 0 Å². The third-order valence-corrected chi connectivity index (χ3v) is 5.60. The van der Waals surface area contributed by atoms with Crippen molar-refractivity contribution in [3.8, 4) is 11.5 Å². The Hall–Kier alpha value is -3.07. The van der Waals surface area contributed by atoms with Gasteiger partial charge in [0.05, 0.1) is 7.11 Å². The summed E-state index contributed by atoms with van der Waals surface area (Å²) < 4.78 is 11.6. The number of benzene rings is 3. The molecule has 134 valence electrons. The lowest BCUT2D eigenvalue weighted by Gasteiger charge is -2.33. The van der Waals surface area contributed by atoms with Gasteiger partial charge in [0, 0.05) is 29.9 Å². The van der Waals surface area contributed by atoms with Gasteiger partial charge in [0.2, 0.25) is 0 Å². The predicted molar refractivity (Wildman–Crippen MR) is 105 cm³/mol. The van der Waals surface area contributed by atoms with Gasteiger partial charge < -0.3 is 9.47 Å². The molecule has 2 aliphatic rings. The number of methoxy groups -OCH3 is 1. The van der Waals surface area contributed by atoms with E-state index in [0.717, 1.165) is 57.6 Å². The van der Waals surface area contributed by atoms with Gasteiger partial charge >= 0.3 is 0 Å². The second-order valence-corrected chi connectivity index (χ2v) is 7.12. The number of carbonyl (C=O) groups excluding carboxylic acids is 1. The summed E-state index contributed by atoms with van der Waals surface area (Å²) in [6.45, 7) is 0. The lowest BCUT2D eigenvalue weighted by molar-refractivity contribution is -0.116. The van der Waals surface area contributed by atoms with Crippen LogP contribution in [-0.2, 0) is 4.79 Å². The monoisotopic (exact) mass is 356 g/mol. The third-order valence-electron chi connectivity index (χ3n) is 5.60. The summed E-state index contributed by atoms with van der Waals surface area (Å²) in [6, 6.07) is 20.5. The van der Waals surface area contributed by atoms with E-state index < -0.39 is 0 Å². The van der Waals surface area contributed by atoms with E-state index >= 15 is 0 Å². The number of ether oxygens (including phenoxy) is 2. The lowest BCUT2D eigenvalue weighted by Crippen LogP contribution is -2.25. The van der Waals surface area contributed by atoms with Crippen molar-refractivity contribution >= 4 is 16.6 Å². The van der Waals surface area contributed by atoms with Crippen molar-refractivity contribution in [3.63, 3.8) is 0 Å². The molecule has 0 saturated heterocycles. The fourth-order valence-corrected chi connectivity index (χ4v) is 4.33. The molecule has 0 bridgehead atoms.